The number of aryl methyl sites for hydroxylation is 1. The summed E-state index contributed by atoms with van der Waals surface area (Å²) in [5.41, 5.74) is 4.08. The van der Waals surface area contributed by atoms with E-state index in [1.807, 2.05) is 11.6 Å². The van der Waals surface area contributed by atoms with Gasteiger partial charge in [0.1, 0.15) is 5.69 Å². The number of carboxylic acid groups (broad SMARTS) is 2. The van der Waals surface area contributed by atoms with Crippen LogP contribution in [0.15, 0.2) is 23.8 Å². The van der Waals surface area contributed by atoms with Crippen molar-refractivity contribution in [2.24, 2.45) is 5.92 Å². The third-order valence-corrected chi connectivity index (χ3v) is 5.60. The third kappa shape index (κ3) is 7.47. The second-order valence-corrected chi connectivity index (χ2v) is 8.11. The Balaban J connectivity index is 0.000000423. The molecule has 1 aliphatic heterocycles. The van der Waals surface area contributed by atoms with Crippen LogP contribution in [-0.4, -0.2) is 69.9 Å². The monoisotopic (exact) mass is 460 g/mol. The molecule has 1 saturated heterocycles. The molecule has 12 heteroatoms. The fraction of sp³-hybridized carbons (Fsp3) is 0.474. The highest BCUT2D eigenvalue weighted by Crippen LogP contribution is 2.25. The molecule has 1 fully saturated rings. The molecule has 3 rings (SSSR count). The number of aromatic nitrogens is 2. The Kier molecular flexibility index (Phi) is 8.34. The Morgan fingerprint density at radius 2 is 2.00 bits per heavy atom. The number of nitrogens with zero attached hydrogens (tertiary/aromatic N) is 4. The number of hydrogen-bond donors (Lipinski definition) is 2. The normalized spacial score (nSPS) is 16.2. The smallest absolute Gasteiger partial charge is 0.477 e. The van der Waals surface area contributed by atoms with E-state index in [9.17, 15) is 18.0 Å². The first-order chi connectivity index (χ1) is 14.5. The SMILES string of the molecule is Cc1ncsc1CN(C)CC1CCN(c2ccnc(C(=O)O)c2)C1.O=C(O)C(F)(F)F. The van der Waals surface area contributed by atoms with Crippen molar-refractivity contribution in [3.05, 3.63) is 40.1 Å². The maximum absolute atomic E-state index is 11.1. The Morgan fingerprint density at radius 3 is 2.55 bits per heavy atom. The van der Waals surface area contributed by atoms with E-state index in [0.717, 1.165) is 44.0 Å². The molecule has 0 amide bonds. The van der Waals surface area contributed by atoms with Gasteiger partial charge < -0.3 is 20.0 Å². The molecule has 1 atom stereocenters. The Bertz CT molecular complexity index is 906. The van der Waals surface area contributed by atoms with Gasteiger partial charge in [-0.3, -0.25) is 0 Å². The van der Waals surface area contributed by atoms with Crippen LogP contribution in [0.5, 0.6) is 0 Å². The minimum Gasteiger partial charge on any atom is -0.477 e. The molecule has 3 heterocycles. The molecule has 8 nitrogen and oxygen atoms in total. The van der Waals surface area contributed by atoms with Crippen LogP contribution in [0, 0.1) is 12.8 Å². The van der Waals surface area contributed by atoms with Crippen molar-refractivity contribution in [1.29, 1.82) is 0 Å². The number of carboxylic acids is 2. The van der Waals surface area contributed by atoms with E-state index < -0.39 is 18.1 Å². The number of aromatic carboxylic acids is 1. The van der Waals surface area contributed by atoms with Crippen molar-refractivity contribution < 1.29 is 33.0 Å². The Morgan fingerprint density at radius 1 is 1.32 bits per heavy atom. The number of hydrogen-bond acceptors (Lipinski definition) is 7. The number of aliphatic carboxylic acids is 1. The van der Waals surface area contributed by atoms with Gasteiger partial charge in [-0.25, -0.2) is 19.6 Å². The molecule has 0 radical (unpaired) electrons. The van der Waals surface area contributed by atoms with E-state index in [-0.39, 0.29) is 5.69 Å². The predicted molar refractivity (Wildman–Crippen MR) is 108 cm³/mol. The lowest BCUT2D eigenvalue weighted by molar-refractivity contribution is -0.192. The molecule has 0 bridgehead atoms. The van der Waals surface area contributed by atoms with E-state index in [2.05, 4.69) is 33.7 Å². The van der Waals surface area contributed by atoms with Crippen LogP contribution >= 0.6 is 11.3 Å². The van der Waals surface area contributed by atoms with Crippen LogP contribution in [0.3, 0.4) is 0 Å². The van der Waals surface area contributed by atoms with E-state index >= 15 is 0 Å². The molecule has 31 heavy (non-hydrogen) atoms. The Labute approximate surface area is 181 Å². The van der Waals surface area contributed by atoms with Crippen LogP contribution in [-0.2, 0) is 11.3 Å². The largest absolute Gasteiger partial charge is 0.490 e. The van der Waals surface area contributed by atoms with Crippen LogP contribution < -0.4 is 4.90 Å². The summed E-state index contributed by atoms with van der Waals surface area (Å²) in [6.07, 6.45) is -2.39. The van der Waals surface area contributed by atoms with E-state index in [0.29, 0.717) is 5.92 Å². The molecule has 2 aromatic rings. The molecular formula is C19H23F3N4O4S. The summed E-state index contributed by atoms with van der Waals surface area (Å²) in [5, 5.41) is 16.2. The standard InChI is InChI=1S/C17H22N4O2S.C2HF3O2/c1-12-16(24-11-19-12)10-20(2)8-13-4-6-21(9-13)14-3-5-18-15(7-14)17(22)23;3-2(4,5)1(6)7/h3,5,7,11,13H,4,6,8-10H2,1-2H3,(H,22,23);(H,6,7). The highest BCUT2D eigenvalue weighted by atomic mass is 32.1. The lowest BCUT2D eigenvalue weighted by Gasteiger charge is -2.22. The molecule has 0 aliphatic carbocycles. The predicted octanol–water partition coefficient (Wildman–Crippen LogP) is 3.14. The zero-order valence-corrected chi connectivity index (χ0v) is 17.8. The maximum Gasteiger partial charge on any atom is 0.490 e. The van der Waals surface area contributed by atoms with Gasteiger partial charge in [-0.1, -0.05) is 0 Å². The minimum atomic E-state index is -5.08. The summed E-state index contributed by atoms with van der Waals surface area (Å²) in [6.45, 7) is 5.94. The number of rotatable bonds is 6. The lowest BCUT2D eigenvalue weighted by Crippen LogP contribution is -2.28. The average Bonchev–Trinajstić information content (AvgIpc) is 3.31. The molecular weight excluding hydrogens is 437 g/mol. The summed E-state index contributed by atoms with van der Waals surface area (Å²) in [4.78, 5) is 34.1. The van der Waals surface area contributed by atoms with E-state index in [4.69, 9.17) is 15.0 Å². The first-order valence-electron chi connectivity index (χ1n) is 9.29. The second-order valence-electron chi connectivity index (χ2n) is 7.17. The highest BCUT2D eigenvalue weighted by Gasteiger charge is 2.38. The molecule has 1 aliphatic rings. The van der Waals surface area contributed by atoms with Gasteiger partial charge in [0, 0.05) is 42.9 Å². The maximum atomic E-state index is 11.1. The molecule has 0 saturated carbocycles. The van der Waals surface area contributed by atoms with E-state index in [1.165, 1.54) is 4.88 Å². The summed E-state index contributed by atoms with van der Waals surface area (Å²) < 4.78 is 31.7. The molecule has 1 unspecified atom stereocenters. The third-order valence-electron chi connectivity index (χ3n) is 4.68. The minimum absolute atomic E-state index is 0.105. The van der Waals surface area contributed by atoms with Gasteiger partial charge in [-0.15, -0.1) is 11.3 Å². The van der Waals surface area contributed by atoms with Gasteiger partial charge >= 0.3 is 18.1 Å². The fourth-order valence-electron chi connectivity index (χ4n) is 3.18. The van der Waals surface area contributed by atoms with Gasteiger partial charge in [-0.2, -0.15) is 13.2 Å². The number of halogens is 3. The topological polar surface area (TPSA) is 107 Å². The van der Waals surface area contributed by atoms with E-state index in [1.54, 1.807) is 23.6 Å². The summed E-state index contributed by atoms with van der Waals surface area (Å²) in [6, 6.07) is 3.55. The van der Waals surface area contributed by atoms with Crippen molar-refractivity contribution in [2.75, 3.05) is 31.6 Å². The number of thiazole rings is 1. The number of alkyl halides is 3. The summed E-state index contributed by atoms with van der Waals surface area (Å²) in [7, 11) is 2.15. The van der Waals surface area contributed by atoms with Crippen molar-refractivity contribution in [1.82, 2.24) is 14.9 Å². The number of carbonyl (C=O) groups is 2. The fourth-order valence-corrected chi connectivity index (χ4v) is 4.03. The van der Waals surface area contributed by atoms with Crippen LogP contribution in [0.2, 0.25) is 0 Å². The molecule has 170 valence electrons. The molecule has 0 aromatic carbocycles. The van der Waals surface area contributed by atoms with Crippen LogP contribution in [0.1, 0.15) is 27.5 Å². The molecule has 2 aromatic heterocycles. The van der Waals surface area contributed by atoms with Crippen LogP contribution in [0.4, 0.5) is 18.9 Å². The summed E-state index contributed by atoms with van der Waals surface area (Å²) >= 11 is 1.71. The van der Waals surface area contributed by atoms with Gasteiger partial charge in [0.25, 0.3) is 0 Å². The molecule has 2 N–H and O–H groups in total. The van der Waals surface area contributed by atoms with Crippen molar-refractivity contribution in [3.63, 3.8) is 0 Å². The zero-order valence-electron chi connectivity index (χ0n) is 17.0. The second kappa shape index (κ2) is 10.5. The van der Waals surface area contributed by atoms with Crippen molar-refractivity contribution in [2.45, 2.75) is 26.1 Å². The van der Waals surface area contributed by atoms with Crippen molar-refractivity contribution in [3.8, 4) is 0 Å². The highest BCUT2D eigenvalue weighted by molar-refractivity contribution is 7.09. The van der Waals surface area contributed by atoms with Gasteiger partial charge in [0.05, 0.1) is 11.2 Å². The first-order valence-corrected chi connectivity index (χ1v) is 10.2. The first kappa shape index (κ1) is 24.5. The average molecular weight is 460 g/mol. The number of anilines is 1. The van der Waals surface area contributed by atoms with Gasteiger partial charge in [0.2, 0.25) is 0 Å². The van der Waals surface area contributed by atoms with Gasteiger partial charge in [-0.05, 0) is 38.4 Å². The molecule has 0 spiro atoms. The summed E-state index contributed by atoms with van der Waals surface area (Å²) in [5.74, 6) is -3.15. The van der Waals surface area contributed by atoms with Crippen LogP contribution in [0.25, 0.3) is 0 Å². The number of pyridine rings is 1. The van der Waals surface area contributed by atoms with Gasteiger partial charge in [0.15, 0.2) is 0 Å². The Hall–Kier alpha value is -2.73. The van der Waals surface area contributed by atoms with Crippen molar-refractivity contribution >= 4 is 29.0 Å². The lowest BCUT2D eigenvalue weighted by atomic mass is 10.1. The quantitative estimate of drug-likeness (QED) is 0.677. The zero-order chi connectivity index (χ0) is 23.2.